The van der Waals surface area contributed by atoms with Gasteiger partial charge in [0.15, 0.2) is 15.4 Å². The maximum atomic E-state index is 12.7. The number of rotatable bonds is 3. The standard InChI is InChI=1S/C13H16N2O6S2/c1-14-11-7-9(3-4-12(11)21-13(14)16)23(19,20)15-6-5-10(8-15)22(2,17)18/h3-4,7,10H,5-6,8H2,1-2H3. The molecule has 0 radical (unpaired) electrons. The van der Waals surface area contributed by atoms with E-state index >= 15 is 0 Å². The Bertz CT molecular complexity index is 1030. The highest BCUT2D eigenvalue weighted by Gasteiger charge is 2.37. The van der Waals surface area contributed by atoms with Crippen LogP contribution in [0.2, 0.25) is 0 Å². The van der Waals surface area contributed by atoms with Gasteiger partial charge in [0.05, 0.1) is 15.7 Å². The normalized spacial score (nSPS) is 20.3. The van der Waals surface area contributed by atoms with E-state index in [9.17, 15) is 21.6 Å². The summed E-state index contributed by atoms with van der Waals surface area (Å²) in [6.45, 7) is 0.103. The van der Waals surface area contributed by atoms with Crippen LogP contribution in [0.5, 0.6) is 0 Å². The Hall–Kier alpha value is -1.65. The quantitative estimate of drug-likeness (QED) is 0.759. The van der Waals surface area contributed by atoms with Crippen molar-refractivity contribution < 1.29 is 21.3 Å². The summed E-state index contributed by atoms with van der Waals surface area (Å²) in [5.74, 6) is -0.576. The van der Waals surface area contributed by atoms with E-state index in [1.807, 2.05) is 0 Å². The number of hydrogen-bond acceptors (Lipinski definition) is 6. The molecule has 1 aromatic heterocycles. The maximum absolute atomic E-state index is 12.7. The van der Waals surface area contributed by atoms with Gasteiger partial charge in [0.25, 0.3) is 0 Å². The molecule has 0 N–H and O–H groups in total. The summed E-state index contributed by atoms with van der Waals surface area (Å²) < 4.78 is 55.9. The van der Waals surface area contributed by atoms with E-state index in [0.29, 0.717) is 11.1 Å². The van der Waals surface area contributed by atoms with Gasteiger partial charge in [-0.3, -0.25) is 4.57 Å². The third-order valence-electron chi connectivity index (χ3n) is 4.11. The largest absolute Gasteiger partial charge is 0.419 e. The molecule has 0 bridgehead atoms. The minimum Gasteiger partial charge on any atom is -0.408 e. The number of aromatic nitrogens is 1. The molecule has 2 heterocycles. The number of benzene rings is 1. The van der Waals surface area contributed by atoms with Crippen molar-refractivity contribution in [3.8, 4) is 0 Å². The first kappa shape index (κ1) is 16.2. The Morgan fingerprint density at radius 3 is 2.52 bits per heavy atom. The van der Waals surface area contributed by atoms with Crippen molar-refractivity contribution in [3.63, 3.8) is 0 Å². The summed E-state index contributed by atoms with van der Waals surface area (Å²) in [6, 6.07) is 4.14. The molecule has 0 amide bonds. The van der Waals surface area contributed by atoms with E-state index in [-0.39, 0.29) is 24.4 Å². The smallest absolute Gasteiger partial charge is 0.408 e. The van der Waals surface area contributed by atoms with Crippen LogP contribution in [-0.2, 0) is 26.9 Å². The van der Waals surface area contributed by atoms with Crippen molar-refractivity contribution in [1.82, 2.24) is 8.87 Å². The van der Waals surface area contributed by atoms with Gasteiger partial charge in [-0.15, -0.1) is 0 Å². The van der Waals surface area contributed by atoms with E-state index in [0.717, 1.165) is 10.6 Å². The Kier molecular flexibility index (Phi) is 3.65. The average Bonchev–Trinajstić information content (AvgIpc) is 3.05. The summed E-state index contributed by atoms with van der Waals surface area (Å²) in [5, 5.41) is -0.681. The number of nitrogens with zero attached hydrogens (tertiary/aromatic N) is 2. The number of fused-ring (bicyclic) bond motifs is 1. The molecule has 1 unspecified atom stereocenters. The zero-order valence-electron chi connectivity index (χ0n) is 12.6. The van der Waals surface area contributed by atoms with Crippen molar-refractivity contribution in [2.24, 2.45) is 7.05 Å². The van der Waals surface area contributed by atoms with Gasteiger partial charge in [0.2, 0.25) is 10.0 Å². The zero-order chi connectivity index (χ0) is 17.0. The highest BCUT2D eigenvalue weighted by atomic mass is 32.2. The molecule has 2 aromatic rings. The second kappa shape index (κ2) is 5.18. The first-order chi connectivity index (χ1) is 10.6. The monoisotopic (exact) mass is 360 g/mol. The molecule has 1 atom stereocenters. The van der Waals surface area contributed by atoms with E-state index in [1.165, 1.54) is 29.8 Å². The lowest BCUT2D eigenvalue weighted by atomic mass is 10.3. The summed E-state index contributed by atoms with van der Waals surface area (Å²) in [7, 11) is -5.62. The molecule has 0 saturated carbocycles. The van der Waals surface area contributed by atoms with Crippen molar-refractivity contribution in [2.45, 2.75) is 16.6 Å². The molecule has 10 heteroatoms. The third-order valence-corrected chi connectivity index (χ3v) is 7.57. The summed E-state index contributed by atoms with van der Waals surface area (Å²) >= 11 is 0. The number of oxazole rings is 1. The minimum absolute atomic E-state index is 0.00977. The predicted octanol–water partition coefficient (Wildman–Crippen LogP) is -0.0609. The van der Waals surface area contributed by atoms with Crippen LogP contribution in [-0.4, -0.2) is 50.3 Å². The van der Waals surface area contributed by atoms with Crippen LogP contribution in [0.15, 0.2) is 32.3 Å². The molecular formula is C13H16N2O6S2. The lowest BCUT2D eigenvalue weighted by Crippen LogP contribution is -2.31. The SMILES string of the molecule is Cn1c(=O)oc2ccc(S(=O)(=O)N3CCC(S(C)(=O)=O)C3)cc21. The van der Waals surface area contributed by atoms with Crippen molar-refractivity contribution >= 4 is 31.0 Å². The van der Waals surface area contributed by atoms with E-state index in [4.69, 9.17) is 4.42 Å². The van der Waals surface area contributed by atoms with Gasteiger partial charge in [-0.25, -0.2) is 21.6 Å². The molecule has 3 rings (SSSR count). The van der Waals surface area contributed by atoms with Crippen LogP contribution in [0.1, 0.15) is 6.42 Å². The second-order valence-corrected chi connectivity index (χ2v) is 9.92. The molecule has 0 aliphatic carbocycles. The van der Waals surface area contributed by atoms with Gasteiger partial charge in [0.1, 0.15) is 0 Å². The van der Waals surface area contributed by atoms with Crippen LogP contribution >= 0.6 is 0 Å². The summed E-state index contributed by atoms with van der Waals surface area (Å²) in [5.41, 5.74) is 0.668. The third kappa shape index (κ3) is 2.70. The van der Waals surface area contributed by atoms with Crippen LogP contribution in [0.3, 0.4) is 0 Å². The van der Waals surface area contributed by atoms with E-state index in [2.05, 4.69) is 0 Å². The minimum atomic E-state index is -3.82. The fourth-order valence-corrected chi connectivity index (χ4v) is 5.28. The van der Waals surface area contributed by atoms with Gasteiger partial charge in [-0.05, 0) is 24.6 Å². The first-order valence-corrected chi connectivity index (χ1v) is 10.3. The lowest BCUT2D eigenvalue weighted by molar-refractivity contribution is 0.477. The average molecular weight is 360 g/mol. The van der Waals surface area contributed by atoms with Gasteiger partial charge in [-0.2, -0.15) is 4.31 Å². The summed E-state index contributed by atoms with van der Waals surface area (Å²) in [6.07, 6.45) is 1.39. The Morgan fingerprint density at radius 1 is 1.22 bits per heavy atom. The Labute approximate surface area is 133 Å². The number of sulfonamides is 1. The molecule has 126 valence electrons. The van der Waals surface area contributed by atoms with E-state index < -0.39 is 30.9 Å². The highest BCUT2D eigenvalue weighted by molar-refractivity contribution is 7.91. The summed E-state index contributed by atoms with van der Waals surface area (Å²) in [4.78, 5) is 11.5. The van der Waals surface area contributed by atoms with Gasteiger partial charge >= 0.3 is 5.76 Å². The Balaban J connectivity index is 2.00. The van der Waals surface area contributed by atoms with E-state index in [1.54, 1.807) is 0 Å². The molecule has 1 aliphatic rings. The lowest BCUT2D eigenvalue weighted by Gasteiger charge is -2.16. The fourth-order valence-electron chi connectivity index (χ4n) is 2.68. The molecule has 1 saturated heterocycles. The molecule has 1 aromatic carbocycles. The Morgan fingerprint density at radius 2 is 1.91 bits per heavy atom. The molecule has 8 nitrogen and oxygen atoms in total. The van der Waals surface area contributed by atoms with Crippen molar-refractivity contribution in [3.05, 3.63) is 28.7 Å². The zero-order valence-corrected chi connectivity index (χ0v) is 14.2. The molecule has 0 spiro atoms. The van der Waals surface area contributed by atoms with Crippen LogP contribution in [0, 0.1) is 0 Å². The van der Waals surface area contributed by atoms with Crippen LogP contribution in [0.4, 0.5) is 0 Å². The van der Waals surface area contributed by atoms with Gasteiger partial charge in [-0.1, -0.05) is 0 Å². The van der Waals surface area contributed by atoms with Gasteiger partial charge < -0.3 is 4.42 Å². The van der Waals surface area contributed by atoms with Gasteiger partial charge in [0, 0.05) is 26.4 Å². The van der Waals surface area contributed by atoms with Crippen molar-refractivity contribution in [2.75, 3.05) is 19.3 Å². The van der Waals surface area contributed by atoms with Crippen LogP contribution < -0.4 is 5.76 Å². The molecule has 1 fully saturated rings. The topological polar surface area (TPSA) is 107 Å². The number of hydrogen-bond donors (Lipinski definition) is 0. The van der Waals surface area contributed by atoms with Crippen LogP contribution in [0.25, 0.3) is 11.1 Å². The maximum Gasteiger partial charge on any atom is 0.419 e. The predicted molar refractivity (Wildman–Crippen MR) is 83.5 cm³/mol. The number of sulfone groups is 1. The highest BCUT2D eigenvalue weighted by Crippen LogP contribution is 2.26. The molecule has 1 aliphatic heterocycles. The number of aryl methyl sites for hydroxylation is 1. The molecular weight excluding hydrogens is 344 g/mol. The second-order valence-electron chi connectivity index (χ2n) is 5.66. The molecule has 23 heavy (non-hydrogen) atoms. The first-order valence-electron chi connectivity index (χ1n) is 6.89. The fraction of sp³-hybridized carbons (Fsp3) is 0.462. The van der Waals surface area contributed by atoms with Crippen molar-refractivity contribution in [1.29, 1.82) is 0 Å².